The van der Waals surface area contributed by atoms with E-state index in [1.54, 1.807) is 0 Å². The molecule has 2 nitrogen and oxygen atoms in total. The average molecular weight is 233 g/mol. The van der Waals surface area contributed by atoms with Crippen LogP contribution in [0.3, 0.4) is 0 Å². The summed E-state index contributed by atoms with van der Waals surface area (Å²) in [7, 11) is 0. The predicted octanol–water partition coefficient (Wildman–Crippen LogP) is 3.49. The van der Waals surface area contributed by atoms with Crippen molar-refractivity contribution in [3.05, 3.63) is 35.9 Å². The average Bonchev–Trinajstić information content (AvgIpc) is 2.37. The first-order chi connectivity index (χ1) is 8.17. The van der Waals surface area contributed by atoms with E-state index in [-0.39, 0.29) is 11.8 Å². The third-order valence-electron chi connectivity index (χ3n) is 3.21. The van der Waals surface area contributed by atoms with Crippen molar-refractivity contribution < 1.29 is 4.79 Å². The van der Waals surface area contributed by atoms with Crippen LogP contribution in [0.15, 0.2) is 30.3 Å². The molecule has 1 unspecified atom stereocenters. The van der Waals surface area contributed by atoms with Gasteiger partial charge in [-0.25, -0.2) is 0 Å². The third kappa shape index (κ3) is 4.59. The van der Waals surface area contributed by atoms with Crippen LogP contribution in [0, 0.1) is 0 Å². The molecule has 0 radical (unpaired) electrons. The second kappa shape index (κ2) is 7.10. The number of nitrogens with one attached hydrogen (secondary N) is 1. The highest BCUT2D eigenvalue weighted by Crippen LogP contribution is 2.18. The van der Waals surface area contributed by atoms with Crippen molar-refractivity contribution in [2.75, 3.05) is 0 Å². The molecule has 0 aliphatic heterocycles. The zero-order valence-electron chi connectivity index (χ0n) is 11.1. The summed E-state index contributed by atoms with van der Waals surface area (Å²) in [5.74, 6) is 0.445. The lowest BCUT2D eigenvalue weighted by Crippen LogP contribution is -2.34. The van der Waals surface area contributed by atoms with Gasteiger partial charge >= 0.3 is 0 Å². The van der Waals surface area contributed by atoms with Crippen LogP contribution in [0.1, 0.15) is 51.5 Å². The van der Waals surface area contributed by atoms with Gasteiger partial charge in [0.15, 0.2) is 0 Å². The van der Waals surface area contributed by atoms with E-state index in [2.05, 4.69) is 38.2 Å². The molecule has 1 N–H and O–H groups in total. The lowest BCUT2D eigenvalue weighted by atomic mass is 9.97. The van der Waals surface area contributed by atoms with Gasteiger partial charge < -0.3 is 5.32 Å². The predicted molar refractivity (Wildman–Crippen MR) is 72.0 cm³/mol. The fourth-order valence-corrected chi connectivity index (χ4v) is 1.96. The molecule has 0 heterocycles. The Morgan fingerprint density at radius 2 is 1.76 bits per heavy atom. The highest BCUT2D eigenvalue weighted by Gasteiger charge is 2.13. The molecule has 2 heteroatoms. The molecule has 1 amide bonds. The van der Waals surface area contributed by atoms with Gasteiger partial charge in [0, 0.05) is 12.5 Å². The van der Waals surface area contributed by atoms with Gasteiger partial charge in [-0.3, -0.25) is 4.79 Å². The fraction of sp³-hybridized carbons (Fsp3) is 0.533. The summed E-state index contributed by atoms with van der Waals surface area (Å²) in [5, 5.41) is 3.08. The van der Waals surface area contributed by atoms with Crippen LogP contribution in [0.5, 0.6) is 0 Å². The minimum atomic E-state index is 0.162. The summed E-state index contributed by atoms with van der Waals surface area (Å²) in [4.78, 5) is 11.8. The maximum atomic E-state index is 11.8. The lowest BCUT2D eigenvalue weighted by molar-refractivity contribution is -0.122. The molecular formula is C15H23NO. The molecule has 1 atom stereocenters. The number of hydrogen-bond donors (Lipinski definition) is 1. The highest BCUT2D eigenvalue weighted by atomic mass is 16.1. The largest absolute Gasteiger partial charge is 0.353 e. The maximum absolute atomic E-state index is 11.8. The summed E-state index contributed by atoms with van der Waals surface area (Å²) in [6, 6.07) is 10.5. The van der Waals surface area contributed by atoms with E-state index in [0.29, 0.717) is 12.5 Å². The number of carbonyl (C=O) groups excluding carboxylic acids is 1. The minimum Gasteiger partial charge on any atom is -0.353 e. The molecule has 1 rings (SSSR count). The summed E-state index contributed by atoms with van der Waals surface area (Å²) in [6.07, 6.45) is 2.57. The molecule has 1 aromatic rings. The Morgan fingerprint density at radius 1 is 1.18 bits per heavy atom. The van der Waals surface area contributed by atoms with Gasteiger partial charge in [-0.1, -0.05) is 51.1 Å². The van der Waals surface area contributed by atoms with E-state index in [1.807, 2.05) is 18.2 Å². The molecule has 17 heavy (non-hydrogen) atoms. The van der Waals surface area contributed by atoms with Gasteiger partial charge in [-0.15, -0.1) is 0 Å². The third-order valence-corrected chi connectivity index (χ3v) is 3.21. The monoisotopic (exact) mass is 233 g/mol. The molecule has 0 bridgehead atoms. The fourth-order valence-electron chi connectivity index (χ4n) is 1.96. The van der Waals surface area contributed by atoms with Gasteiger partial charge in [0.25, 0.3) is 0 Å². The summed E-state index contributed by atoms with van der Waals surface area (Å²) in [5.41, 5.74) is 1.23. The molecular weight excluding hydrogens is 210 g/mol. The smallest absolute Gasteiger partial charge is 0.220 e. The van der Waals surface area contributed by atoms with Crippen molar-refractivity contribution in [3.8, 4) is 0 Å². The van der Waals surface area contributed by atoms with Crippen LogP contribution in [0.25, 0.3) is 0 Å². The van der Waals surface area contributed by atoms with Crippen LogP contribution in [0.2, 0.25) is 0 Å². The van der Waals surface area contributed by atoms with Gasteiger partial charge in [0.2, 0.25) is 5.91 Å². The zero-order chi connectivity index (χ0) is 12.7. The normalized spacial score (nSPS) is 12.5. The Balaban J connectivity index is 2.46. The second-order valence-corrected chi connectivity index (χ2v) is 4.60. The first-order valence-corrected chi connectivity index (χ1v) is 6.51. The molecule has 0 aliphatic carbocycles. The Kier molecular flexibility index (Phi) is 5.75. The van der Waals surface area contributed by atoms with Crippen LogP contribution in [-0.4, -0.2) is 11.9 Å². The minimum absolute atomic E-state index is 0.162. The molecule has 0 saturated carbocycles. The van der Waals surface area contributed by atoms with Crippen molar-refractivity contribution in [1.82, 2.24) is 5.32 Å². The second-order valence-electron chi connectivity index (χ2n) is 4.60. The van der Waals surface area contributed by atoms with Gasteiger partial charge in [-0.05, 0) is 24.3 Å². The molecule has 0 aromatic heterocycles. The molecule has 0 fully saturated rings. The number of carbonyl (C=O) groups is 1. The molecule has 0 saturated heterocycles. The Bertz CT molecular complexity index is 330. The highest BCUT2D eigenvalue weighted by molar-refractivity contribution is 5.77. The summed E-state index contributed by atoms with van der Waals surface area (Å²) >= 11 is 0. The number of rotatable bonds is 6. The van der Waals surface area contributed by atoms with Crippen LogP contribution >= 0.6 is 0 Å². The van der Waals surface area contributed by atoms with Gasteiger partial charge in [0.05, 0.1) is 0 Å². The molecule has 0 spiro atoms. The van der Waals surface area contributed by atoms with Crippen LogP contribution in [0.4, 0.5) is 0 Å². The van der Waals surface area contributed by atoms with E-state index >= 15 is 0 Å². The van der Waals surface area contributed by atoms with E-state index in [0.717, 1.165) is 12.8 Å². The van der Waals surface area contributed by atoms with Crippen molar-refractivity contribution in [3.63, 3.8) is 0 Å². The first-order valence-electron chi connectivity index (χ1n) is 6.51. The zero-order valence-corrected chi connectivity index (χ0v) is 11.1. The van der Waals surface area contributed by atoms with Crippen molar-refractivity contribution >= 4 is 5.91 Å². The van der Waals surface area contributed by atoms with Gasteiger partial charge in [-0.2, -0.15) is 0 Å². The standard InChI is InChI=1S/C15H23NO/c1-4-14(5-2)16-15(17)11-12(3)13-9-7-6-8-10-13/h6-10,12,14H,4-5,11H2,1-3H3,(H,16,17). The van der Waals surface area contributed by atoms with Crippen molar-refractivity contribution in [2.45, 2.75) is 52.0 Å². The van der Waals surface area contributed by atoms with Gasteiger partial charge in [0.1, 0.15) is 0 Å². The van der Waals surface area contributed by atoms with E-state index in [4.69, 9.17) is 0 Å². The lowest BCUT2D eigenvalue weighted by Gasteiger charge is -2.17. The molecule has 1 aromatic carbocycles. The number of hydrogen-bond acceptors (Lipinski definition) is 1. The maximum Gasteiger partial charge on any atom is 0.220 e. The Morgan fingerprint density at radius 3 is 2.29 bits per heavy atom. The van der Waals surface area contributed by atoms with E-state index < -0.39 is 0 Å². The SMILES string of the molecule is CCC(CC)NC(=O)CC(C)c1ccccc1. The Hall–Kier alpha value is -1.31. The quantitative estimate of drug-likeness (QED) is 0.800. The molecule has 94 valence electrons. The van der Waals surface area contributed by atoms with E-state index in [9.17, 15) is 4.79 Å². The number of benzene rings is 1. The summed E-state index contributed by atoms with van der Waals surface area (Å²) < 4.78 is 0. The van der Waals surface area contributed by atoms with Crippen LogP contribution < -0.4 is 5.32 Å². The number of amides is 1. The van der Waals surface area contributed by atoms with Crippen molar-refractivity contribution in [1.29, 1.82) is 0 Å². The Labute approximate surface area is 104 Å². The summed E-state index contributed by atoms with van der Waals surface area (Å²) in [6.45, 7) is 6.31. The first kappa shape index (κ1) is 13.8. The topological polar surface area (TPSA) is 29.1 Å². The molecule has 0 aliphatic rings. The van der Waals surface area contributed by atoms with E-state index in [1.165, 1.54) is 5.56 Å². The van der Waals surface area contributed by atoms with Crippen LogP contribution in [-0.2, 0) is 4.79 Å². The van der Waals surface area contributed by atoms with Crippen molar-refractivity contribution in [2.24, 2.45) is 0 Å².